The molecule has 6 heteroatoms. The number of nitrogens with one attached hydrogen (secondary N) is 2. The van der Waals surface area contributed by atoms with Crippen molar-refractivity contribution in [2.75, 3.05) is 24.7 Å². The lowest BCUT2D eigenvalue weighted by Gasteiger charge is -2.11. The number of pyridine rings is 1. The van der Waals surface area contributed by atoms with Crippen molar-refractivity contribution in [1.29, 1.82) is 0 Å². The first-order valence-corrected chi connectivity index (χ1v) is 7.47. The topological polar surface area (TPSA) is 71.1 Å². The van der Waals surface area contributed by atoms with E-state index in [0.717, 1.165) is 5.69 Å². The number of hydrogen-bond acceptors (Lipinski definition) is 4. The molecule has 0 saturated carbocycles. The molecule has 0 aliphatic rings. The summed E-state index contributed by atoms with van der Waals surface area (Å²) in [5.74, 6) is -0.187. The van der Waals surface area contributed by atoms with Crippen LogP contribution in [0.3, 0.4) is 0 Å². The average molecular weight is 269 g/mol. The van der Waals surface area contributed by atoms with Crippen molar-refractivity contribution < 1.29 is 9.00 Å². The minimum absolute atomic E-state index is 0.0612. The Morgan fingerprint density at radius 1 is 1.56 bits per heavy atom. The summed E-state index contributed by atoms with van der Waals surface area (Å²) in [6.45, 7) is 4.94. The summed E-state index contributed by atoms with van der Waals surface area (Å²) in [4.78, 5) is 15.6. The van der Waals surface area contributed by atoms with Crippen LogP contribution in [0.15, 0.2) is 18.3 Å². The van der Waals surface area contributed by atoms with Crippen LogP contribution in [0.25, 0.3) is 0 Å². The number of nitrogens with zero attached hydrogens (tertiary/aromatic N) is 1. The second kappa shape index (κ2) is 7.10. The summed E-state index contributed by atoms with van der Waals surface area (Å²) in [6, 6.07) is 3.48. The van der Waals surface area contributed by atoms with Gasteiger partial charge < -0.3 is 10.6 Å². The first-order valence-electron chi connectivity index (χ1n) is 5.85. The second-order valence-electron chi connectivity index (χ2n) is 3.98. The van der Waals surface area contributed by atoms with Crippen LogP contribution in [-0.2, 0) is 10.8 Å². The maximum absolute atomic E-state index is 11.6. The number of anilines is 1. The molecule has 0 bridgehead atoms. The number of hydrogen-bond donors (Lipinski definition) is 2. The van der Waals surface area contributed by atoms with E-state index in [2.05, 4.69) is 15.6 Å². The lowest BCUT2D eigenvalue weighted by atomic mass is 10.3. The minimum Gasteiger partial charge on any atom is -0.384 e. The fourth-order valence-electron chi connectivity index (χ4n) is 1.29. The summed E-state index contributed by atoms with van der Waals surface area (Å²) in [7, 11) is -0.859. The zero-order valence-electron chi connectivity index (χ0n) is 10.9. The van der Waals surface area contributed by atoms with E-state index in [-0.39, 0.29) is 11.2 Å². The predicted molar refractivity (Wildman–Crippen MR) is 74.3 cm³/mol. The lowest BCUT2D eigenvalue weighted by Crippen LogP contribution is -2.24. The SMILES string of the molecule is CCNC(=O)c1cc(NCC(C)S(C)=O)ccn1. The number of aromatic nitrogens is 1. The molecular formula is C12H19N3O2S. The Kier molecular flexibility index (Phi) is 5.77. The number of amides is 1. The smallest absolute Gasteiger partial charge is 0.269 e. The van der Waals surface area contributed by atoms with Crippen LogP contribution in [0.1, 0.15) is 24.3 Å². The van der Waals surface area contributed by atoms with Crippen molar-refractivity contribution in [3.63, 3.8) is 0 Å². The summed E-state index contributed by atoms with van der Waals surface area (Å²) in [5, 5.41) is 5.91. The zero-order valence-corrected chi connectivity index (χ0v) is 11.7. The predicted octanol–water partition coefficient (Wildman–Crippen LogP) is 1.01. The Hall–Kier alpha value is -1.43. The molecule has 0 aliphatic heterocycles. The monoisotopic (exact) mass is 269 g/mol. The Morgan fingerprint density at radius 2 is 2.28 bits per heavy atom. The van der Waals surface area contributed by atoms with Crippen molar-refractivity contribution in [2.45, 2.75) is 19.1 Å². The minimum atomic E-state index is -0.859. The lowest BCUT2D eigenvalue weighted by molar-refractivity contribution is 0.0951. The van der Waals surface area contributed by atoms with Gasteiger partial charge in [0.05, 0.1) is 0 Å². The van der Waals surface area contributed by atoms with Crippen molar-refractivity contribution in [3.8, 4) is 0 Å². The third-order valence-electron chi connectivity index (χ3n) is 2.49. The van der Waals surface area contributed by atoms with Gasteiger partial charge in [-0.25, -0.2) is 0 Å². The van der Waals surface area contributed by atoms with Gasteiger partial charge in [-0.05, 0) is 26.0 Å². The first kappa shape index (κ1) is 14.6. The summed E-state index contributed by atoms with van der Waals surface area (Å²) in [6.07, 6.45) is 3.26. The second-order valence-corrected chi connectivity index (χ2v) is 5.78. The van der Waals surface area contributed by atoms with Crippen molar-refractivity contribution in [3.05, 3.63) is 24.0 Å². The van der Waals surface area contributed by atoms with Crippen LogP contribution in [-0.4, -0.2) is 39.7 Å². The Morgan fingerprint density at radius 3 is 2.89 bits per heavy atom. The van der Waals surface area contributed by atoms with Crippen molar-refractivity contribution in [2.24, 2.45) is 0 Å². The van der Waals surface area contributed by atoms with E-state index in [9.17, 15) is 9.00 Å². The highest BCUT2D eigenvalue weighted by molar-refractivity contribution is 7.84. The Balaban J connectivity index is 2.65. The number of carbonyl (C=O) groups excluding carboxylic acids is 1. The van der Waals surface area contributed by atoms with E-state index < -0.39 is 10.8 Å². The van der Waals surface area contributed by atoms with E-state index in [1.54, 1.807) is 24.6 Å². The summed E-state index contributed by atoms with van der Waals surface area (Å²) >= 11 is 0. The molecule has 0 radical (unpaired) electrons. The van der Waals surface area contributed by atoms with Gasteiger partial charge in [-0.1, -0.05) is 0 Å². The van der Waals surface area contributed by atoms with E-state index in [0.29, 0.717) is 18.8 Å². The van der Waals surface area contributed by atoms with Crippen LogP contribution in [0.5, 0.6) is 0 Å². The highest BCUT2D eigenvalue weighted by Gasteiger charge is 2.08. The molecule has 0 fully saturated rings. The molecule has 0 aliphatic carbocycles. The number of rotatable bonds is 6. The largest absolute Gasteiger partial charge is 0.384 e. The van der Waals surface area contributed by atoms with Gasteiger partial charge in [-0.3, -0.25) is 14.0 Å². The molecule has 1 rings (SSSR count). The quantitative estimate of drug-likeness (QED) is 0.808. The van der Waals surface area contributed by atoms with E-state index in [4.69, 9.17) is 0 Å². The molecule has 2 unspecified atom stereocenters. The third-order valence-corrected chi connectivity index (χ3v) is 3.79. The molecule has 0 spiro atoms. The molecule has 5 nitrogen and oxygen atoms in total. The van der Waals surface area contributed by atoms with Crippen LogP contribution in [0, 0.1) is 0 Å². The molecule has 1 heterocycles. The summed E-state index contributed by atoms with van der Waals surface area (Å²) < 4.78 is 11.2. The maximum Gasteiger partial charge on any atom is 0.269 e. The fourth-order valence-corrected chi connectivity index (χ4v) is 1.61. The van der Waals surface area contributed by atoms with Gasteiger partial charge in [0, 0.05) is 47.3 Å². The standard InChI is InChI=1S/C12H19N3O2S/c1-4-13-12(16)11-7-10(5-6-14-11)15-8-9(2)18(3)17/h5-7,9H,4,8H2,1-3H3,(H,13,16)(H,14,15). The Labute approximate surface area is 110 Å². The molecule has 1 aromatic rings. The highest BCUT2D eigenvalue weighted by Crippen LogP contribution is 2.08. The Bertz CT molecular complexity index is 437. The van der Waals surface area contributed by atoms with Crippen LogP contribution < -0.4 is 10.6 Å². The molecular weight excluding hydrogens is 250 g/mol. The van der Waals surface area contributed by atoms with Crippen molar-refractivity contribution in [1.82, 2.24) is 10.3 Å². The third kappa shape index (κ3) is 4.44. The fraction of sp³-hybridized carbons (Fsp3) is 0.500. The molecule has 18 heavy (non-hydrogen) atoms. The highest BCUT2D eigenvalue weighted by atomic mass is 32.2. The van der Waals surface area contributed by atoms with Gasteiger partial charge in [0.25, 0.3) is 5.91 Å². The van der Waals surface area contributed by atoms with Crippen LogP contribution in [0.2, 0.25) is 0 Å². The van der Waals surface area contributed by atoms with Gasteiger partial charge >= 0.3 is 0 Å². The van der Waals surface area contributed by atoms with E-state index in [1.807, 2.05) is 13.8 Å². The molecule has 2 N–H and O–H groups in total. The van der Waals surface area contributed by atoms with E-state index >= 15 is 0 Å². The zero-order chi connectivity index (χ0) is 13.5. The van der Waals surface area contributed by atoms with Gasteiger partial charge in [-0.15, -0.1) is 0 Å². The van der Waals surface area contributed by atoms with Gasteiger partial charge in [0.1, 0.15) is 5.69 Å². The van der Waals surface area contributed by atoms with Crippen LogP contribution in [0.4, 0.5) is 5.69 Å². The first-order chi connectivity index (χ1) is 8.54. The molecule has 2 atom stereocenters. The molecule has 0 saturated heterocycles. The molecule has 1 amide bonds. The van der Waals surface area contributed by atoms with Gasteiger partial charge in [-0.2, -0.15) is 0 Å². The molecule has 1 aromatic heterocycles. The molecule has 0 aromatic carbocycles. The van der Waals surface area contributed by atoms with Gasteiger partial charge in [0.2, 0.25) is 0 Å². The summed E-state index contributed by atoms with van der Waals surface area (Å²) in [5.41, 5.74) is 1.19. The number of carbonyl (C=O) groups is 1. The van der Waals surface area contributed by atoms with Crippen molar-refractivity contribution >= 4 is 22.4 Å². The van der Waals surface area contributed by atoms with Gasteiger partial charge in [0.15, 0.2) is 0 Å². The molecule has 100 valence electrons. The normalized spacial score (nSPS) is 13.7. The van der Waals surface area contributed by atoms with E-state index in [1.165, 1.54) is 0 Å². The maximum atomic E-state index is 11.6. The van der Waals surface area contributed by atoms with Crippen LogP contribution >= 0.6 is 0 Å². The average Bonchev–Trinajstić information content (AvgIpc) is 2.36.